The molecule has 0 saturated carbocycles. The minimum absolute atomic E-state index is 0.0303. The van der Waals surface area contributed by atoms with Crippen molar-refractivity contribution in [1.29, 1.82) is 0 Å². The van der Waals surface area contributed by atoms with Crippen LogP contribution in [0.2, 0.25) is 0 Å². The van der Waals surface area contributed by atoms with E-state index in [1.54, 1.807) is 61.7 Å². The number of rotatable bonds is 6. The lowest BCUT2D eigenvalue weighted by Gasteiger charge is -2.22. The van der Waals surface area contributed by atoms with Gasteiger partial charge in [-0.1, -0.05) is 12.1 Å². The average molecular weight is 517 g/mol. The van der Waals surface area contributed by atoms with E-state index >= 15 is 0 Å². The number of carbonyl (C=O) groups excluding carboxylic acids is 1. The Balaban J connectivity index is 1.53. The Bertz CT molecular complexity index is 1610. The van der Waals surface area contributed by atoms with Gasteiger partial charge in [-0.25, -0.2) is 4.79 Å². The number of fused-ring (bicyclic) bond motifs is 4. The second-order valence-corrected chi connectivity index (χ2v) is 8.63. The number of carbonyl (C=O) groups is 1. The lowest BCUT2D eigenvalue weighted by atomic mass is 9.87. The van der Waals surface area contributed by atoms with E-state index in [4.69, 9.17) is 32.8 Å². The van der Waals surface area contributed by atoms with Crippen LogP contribution in [0.5, 0.6) is 34.5 Å². The Morgan fingerprint density at radius 1 is 0.921 bits per heavy atom. The third kappa shape index (κ3) is 3.64. The second kappa shape index (κ2) is 9.22. The van der Waals surface area contributed by atoms with Crippen LogP contribution in [-0.4, -0.2) is 40.1 Å². The molecule has 0 spiro atoms. The molecule has 0 saturated heterocycles. The zero-order valence-electron chi connectivity index (χ0n) is 20.7. The molecular formula is C28H23NO9. The van der Waals surface area contributed by atoms with E-state index in [1.165, 1.54) is 14.2 Å². The summed E-state index contributed by atoms with van der Waals surface area (Å²) in [6.45, 7) is -0.0303. The van der Waals surface area contributed by atoms with E-state index in [1.807, 2.05) is 0 Å². The van der Waals surface area contributed by atoms with E-state index in [0.717, 1.165) is 0 Å². The van der Waals surface area contributed by atoms with Crippen LogP contribution >= 0.6 is 0 Å². The fourth-order valence-electron chi connectivity index (χ4n) is 4.92. The number of anilines is 1. The largest absolute Gasteiger partial charge is 0.497 e. The molecule has 2 unspecified atom stereocenters. The highest BCUT2D eigenvalue weighted by Crippen LogP contribution is 2.55. The van der Waals surface area contributed by atoms with E-state index in [2.05, 4.69) is 5.32 Å². The molecule has 38 heavy (non-hydrogen) atoms. The second-order valence-electron chi connectivity index (χ2n) is 8.63. The van der Waals surface area contributed by atoms with Gasteiger partial charge in [0.25, 0.3) is 5.91 Å². The van der Waals surface area contributed by atoms with Gasteiger partial charge in [0.2, 0.25) is 18.3 Å². The zero-order chi connectivity index (χ0) is 26.4. The van der Waals surface area contributed by atoms with Crippen LogP contribution in [0.4, 0.5) is 5.69 Å². The monoisotopic (exact) mass is 517 g/mol. The van der Waals surface area contributed by atoms with Gasteiger partial charge in [-0.15, -0.1) is 0 Å². The van der Waals surface area contributed by atoms with Gasteiger partial charge in [0.05, 0.1) is 38.2 Å². The molecule has 1 N–H and O–H groups in total. The normalized spacial score (nSPS) is 17.0. The molecule has 0 aliphatic carbocycles. The molecule has 2 aliphatic rings. The van der Waals surface area contributed by atoms with Crippen molar-refractivity contribution in [2.75, 3.05) is 33.4 Å². The van der Waals surface area contributed by atoms with Crippen LogP contribution in [0.3, 0.4) is 0 Å². The maximum absolute atomic E-state index is 13.7. The molecule has 0 fully saturated rings. The summed E-state index contributed by atoms with van der Waals surface area (Å²) in [5, 5.41) is 3.44. The molecule has 2 atom stereocenters. The Morgan fingerprint density at radius 2 is 1.68 bits per heavy atom. The van der Waals surface area contributed by atoms with Gasteiger partial charge in [0.1, 0.15) is 17.1 Å². The van der Waals surface area contributed by atoms with Crippen molar-refractivity contribution in [2.24, 2.45) is 0 Å². The number of ether oxygens (including phenoxy) is 6. The first-order valence-corrected chi connectivity index (χ1v) is 11.8. The van der Waals surface area contributed by atoms with Crippen molar-refractivity contribution in [3.05, 3.63) is 76.1 Å². The lowest BCUT2D eigenvalue weighted by molar-refractivity contribution is -0.122. The smallest absolute Gasteiger partial charge is 0.344 e. The van der Waals surface area contributed by atoms with Crippen molar-refractivity contribution >= 4 is 22.6 Å². The number of nitrogens with one attached hydrogen (secondary N) is 1. The predicted molar refractivity (Wildman–Crippen MR) is 136 cm³/mol. The topological polar surface area (TPSA) is 115 Å². The van der Waals surface area contributed by atoms with E-state index in [-0.39, 0.29) is 18.1 Å². The first-order chi connectivity index (χ1) is 18.5. The van der Waals surface area contributed by atoms with Gasteiger partial charge in [0, 0.05) is 11.3 Å². The first-order valence-electron chi connectivity index (χ1n) is 11.8. The summed E-state index contributed by atoms with van der Waals surface area (Å²) < 4.78 is 39.6. The van der Waals surface area contributed by atoms with Crippen molar-refractivity contribution in [1.82, 2.24) is 0 Å². The Labute approximate surface area is 216 Å². The lowest BCUT2D eigenvalue weighted by Crippen LogP contribution is -2.35. The molecule has 4 aromatic rings. The van der Waals surface area contributed by atoms with E-state index in [0.29, 0.717) is 51.0 Å². The number of para-hydroxylation sites is 1. The molecule has 6 rings (SSSR count). The molecule has 194 valence electrons. The van der Waals surface area contributed by atoms with E-state index in [9.17, 15) is 9.59 Å². The summed E-state index contributed by atoms with van der Waals surface area (Å²) in [4.78, 5) is 27.1. The number of hydrogen-bond donors (Lipinski definition) is 1. The van der Waals surface area contributed by atoms with Gasteiger partial charge in [0.15, 0.2) is 17.6 Å². The maximum atomic E-state index is 13.7. The highest BCUT2D eigenvalue weighted by atomic mass is 16.7. The van der Waals surface area contributed by atoms with Crippen LogP contribution in [0.15, 0.2) is 63.8 Å². The summed E-state index contributed by atoms with van der Waals surface area (Å²) in [5.41, 5.74) is 0.896. The number of methoxy groups -OCH3 is 3. The molecule has 2 aliphatic heterocycles. The molecule has 0 radical (unpaired) electrons. The fourth-order valence-corrected chi connectivity index (χ4v) is 4.92. The molecule has 10 heteroatoms. The minimum atomic E-state index is -1.15. The standard InChI is InChI=1S/C28H23NO9/c1-32-15-10-8-14(9-11-15)29-27(30)25-20(17-12-19(33-2)24-26(23(17)34-3)36-13-35-24)21-22(38-25)16-6-4-5-7-18(16)37-28(21)31/h4-12,20,25H,13H2,1-3H3,(H,29,30). The van der Waals surface area contributed by atoms with Gasteiger partial charge in [-0.05, 0) is 42.5 Å². The average Bonchev–Trinajstić information content (AvgIpc) is 3.59. The number of amides is 1. The summed E-state index contributed by atoms with van der Waals surface area (Å²) in [6, 6.07) is 15.5. The van der Waals surface area contributed by atoms with Crippen LogP contribution in [0.25, 0.3) is 11.0 Å². The molecule has 1 aromatic heterocycles. The fraction of sp³-hybridized carbons (Fsp3) is 0.214. The van der Waals surface area contributed by atoms with Crippen LogP contribution in [-0.2, 0) is 4.79 Å². The zero-order valence-corrected chi connectivity index (χ0v) is 20.7. The Hall–Kier alpha value is -4.86. The van der Waals surface area contributed by atoms with Gasteiger partial charge in [-0.3, -0.25) is 4.79 Å². The summed E-state index contributed by atoms with van der Waals surface area (Å²) >= 11 is 0. The molecule has 1 amide bonds. The maximum Gasteiger partial charge on any atom is 0.344 e. The SMILES string of the molecule is COc1ccc(NC(=O)C2Oc3c(c(=O)oc4ccccc34)C2c2cc(OC)c3c(c2OC)OCO3)cc1. The molecular weight excluding hydrogens is 494 g/mol. The molecule has 10 nitrogen and oxygen atoms in total. The van der Waals surface area contributed by atoms with Crippen LogP contribution in [0.1, 0.15) is 17.0 Å². The van der Waals surface area contributed by atoms with E-state index < -0.39 is 23.6 Å². The minimum Gasteiger partial charge on any atom is -0.497 e. The highest BCUT2D eigenvalue weighted by Gasteiger charge is 2.47. The van der Waals surface area contributed by atoms with Crippen LogP contribution in [0, 0.1) is 0 Å². The van der Waals surface area contributed by atoms with Crippen LogP contribution < -0.4 is 39.4 Å². The molecule has 3 heterocycles. The number of hydrogen-bond acceptors (Lipinski definition) is 9. The van der Waals surface area contributed by atoms with Crippen molar-refractivity contribution in [3.8, 4) is 34.5 Å². The predicted octanol–water partition coefficient (Wildman–Crippen LogP) is 4.08. The van der Waals surface area contributed by atoms with Gasteiger partial charge < -0.3 is 38.2 Å². The quantitative estimate of drug-likeness (QED) is 0.378. The Kier molecular flexibility index (Phi) is 5.71. The van der Waals surface area contributed by atoms with Gasteiger partial charge >= 0.3 is 5.63 Å². The summed E-state index contributed by atoms with van der Waals surface area (Å²) in [7, 11) is 4.52. The van der Waals surface area contributed by atoms with Crippen molar-refractivity contribution < 1.29 is 37.6 Å². The van der Waals surface area contributed by atoms with Crippen molar-refractivity contribution in [2.45, 2.75) is 12.0 Å². The molecule has 3 aromatic carbocycles. The Morgan fingerprint density at radius 3 is 2.42 bits per heavy atom. The third-order valence-electron chi connectivity index (χ3n) is 6.62. The van der Waals surface area contributed by atoms with Crippen molar-refractivity contribution in [3.63, 3.8) is 0 Å². The first kappa shape index (κ1) is 23.5. The molecule has 0 bridgehead atoms. The summed E-state index contributed by atoms with van der Waals surface area (Å²) in [6.07, 6.45) is -1.15. The number of benzene rings is 3. The van der Waals surface area contributed by atoms with Gasteiger partial charge in [-0.2, -0.15) is 0 Å². The third-order valence-corrected chi connectivity index (χ3v) is 6.62. The highest BCUT2D eigenvalue weighted by molar-refractivity contribution is 5.98. The summed E-state index contributed by atoms with van der Waals surface area (Å²) in [5.74, 6) is 0.880.